The highest BCUT2D eigenvalue weighted by Gasteiger charge is 2.37. The van der Waals surface area contributed by atoms with Gasteiger partial charge in [0.05, 0.1) is 6.54 Å². The minimum Gasteiger partial charge on any atom is -0.447 e. The van der Waals surface area contributed by atoms with Gasteiger partial charge in [-0.15, -0.1) is 0 Å². The molecule has 0 unspecified atom stereocenters. The van der Waals surface area contributed by atoms with Crippen molar-refractivity contribution in [3.8, 4) is 0 Å². The molecule has 8 heteroatoms. The molecule has 1 fully saturated rings. The summed E-state index contributed by atoms with van der Waals surface area (Å²) < 4.78 is 5.07. The number of hydrogen-bond acceptors (Lipinski definition) is 5. The Kier molecular flexibility index (Phi) is 6.21. The average molecular weight is 382 g/mol. The van der Waals surface area contributed by atoms with Crippen molar-refractivity contribution in [1.29, 1.82) is 0 Å². The Morgan fingerprint density at radius 3 is 2.68 bits per heavy atom. The number of carbonyl (C=O) groups excluding carboxylic acids is 3. The standard InChI is InChI=1S/C20H22N4O4/c1-14(25)23-17-7-5-15(6-8-17)12-24-18(13-28-20(24)27)19(26)22-11-9-16-4-2-3-10-21-16/h2-8,10,18H,9,11-13H2,1H3,(H,22,26)(H,23,25)/t18-/m0/s1. The van der Waals surface area contributed by atoms with Crippen LogP contribution >= 0.6 is 0 Å². The van der Waals surface area contributed by atoms with Crippen molar-refractivity contribution < 1.29 is 19.1 Å². The van der Waals surface area contributed by atoms with Gasteiger partial charge in [-0.05, 0) is 29.8 Å². The SMILES string of the molecule is CC(=O)Nc1ccc(CN2C(=O)OC[C@H]2C(=O)NCCc2ccccn2)cc1. The molecule has 0 bridgehead atoms. The first-order valence-electron chi connectivity index (χ1n) is 9.00. The molecular weight excluding hydrogens is 360 g/mol. The lowest BCUT2D eigenvalue weighted by atomic mass is 10.1. The molecule has 2 aromatic rings. The number of carbonyl (C=O) groups is 3. The molecule has 0 aliphatic carbocycles. The van der Waals surface area contributed by atoms with Gasteiger partial charge in [-0.2, -0.15) is 0 Å². The molecule has 2 heterocycles. The lowest BCUT2D eigenvalue weighted by Gasteiger charge is -2.21. The molecule has 1 aromatic heterocycles. The summed E-state index contributed by atoms with van der Waals surface area (Å²) in [5, 5.41) is 5.52. The van der Waals surface area contributed by atoms with Crippen molar-refractivity contribution in [2.45, 2.75) is 25.9 Å². The first-order valence-corrected chi connectivity index (χ1v) is 9.00. The number of nitrogens with one attached hydrogen (secondary N) is 2. The van der Waals surface area contributed by atoms with Gasteiger partial charge < -0.3 is 15.4 Å². The lowest BCUT2D eigenvalue weighted by Crippen LogP contribution is -2.45. The van der Waals surface area contributed by atoms with E-state index in [-0.39, 0.29) is 25.0 Å². The number of benzene rings is 1. The maximum absolute atomic E-state index is 12.5. The van der Waals surface area contributed by atoms with Crippen molar-refractivity contribution in [2.24, 2.45) is 0 Å². The van der Waals surface area contributed by atoms with E-state index in [1.165, 1.54) is 11.8 Å². The van der Waals surface area contributed by atoms with Crippen molar-refractivity contribution in [3.05, 3.63) is 59.9 Å². The highest BCUT2D eigenvalue weighted by molar-refractivity contribution is 5.89. The molecule has 3 rings (SSSR count). The van der Waals surface area contributed by atoms with Crippen molar-refractivity contribution in [2.75, 3.05) is 18.5 Å². The number of amides is 3. The topological polar surface area (TPSA) is 101 Å². The number of nitrogens with zero attached hydrogens (tertiary/aromatic N) is 2. The smallest absolute Gasteiger partial charge is 0.410 e. The second kappa shape index (κ2) is 8.98. The van der Waals surface area contributed by atoms with E-state index in [2.05, 4.69) is 15.6 Å². The molecule has 2 N–H and O–H groups in total. The fraction of sp³-hybridized carbons (Fsp3) is 0.300. The number of pyridine rings is 1. The Balaban J connectivity index is 1.56. The summed E-state index contributed by atoms with van der Waals surface area (Å²) in [5.41, 5.74) is 2.39. The summed E-state index contributed by atoms with van der Waals surface area (Å²) >= 11 is 0. The van der Waals surface area contributed by atoms with Crippen LogP contribution in [0.4, 0.5) is 10.5 Å². The highest BCUT2D eigenvalue weighted by atomic mass is 16.6. The number of anilines is 1. The van der Waals surface area contributed by atoms with E-state index < -0.39 is 12.1 Å². The summed E-state index contributed by atoms with van der Waals surface area (Å²) in [7, 11) is 0. The maximum Gasteiger partial charge on any atom is 0.410 e. The molecule has 0 saturated carbocycles. The third-order valence-corrected chi connectivity index (χ3v) is 4.31. The van der Waals surface area contributed by atoms with Crippen LogP contribution in [-0.4, -0.2) is 47.0 Å². The number of aromatic nitrogens is 1. The van der Waals surface area contributed by atoms with E-state index >= 15 is 0 Å². The zero-order valence-electron chi connectivity index (χ0n) is 15.6. The van der Waals surface area contributed by atoms with Crippen LogP contribution in [0.1, 0.15) is 18.2 Å². The predicted octanol–water partition coefficient (Wildman–Crippen LogP) is 1.72. The van der Waals surface area contributed by atoms with E-state index in [0.29, 0.717) is 18.7 Å². The molecule has 28 heavy (non-hydrogen) atoms. The average Bonchev–Trinajstić information content (AvgIpc) is 3.04. The van der Waals surface area contributed by atoms with Gasteiger partial charge in [0.2, 0.25) is 11.8 Å². The van der Waals surface area contributed by atoms with Crippen LogP contribution in [0.2, 0.25) is 0 Å². The second-order valence-corrected chi connectivity index (χ2v) is 6.46. The van der Waals surface area contributed by atoms with Crippen LogP contribution in [0.3, 0.4) is 0 Å². The summed E-state index contributed by atoms with van der Waals surface area (Å²) in [6, 6.07) is 12.0. The molecule has 0 radical (unpaired) electrons. The molecule has 8 nitrogen and oxygen atoms in total. The van der Waals surface area contributed by atoms with E-state index in [4.69, 9.17) is 4.74 Å². The fourth-order valence-corrected chi connectivity index (χ4v) is 2.91. The van der Waals surface area contributed by atoms with Gasteiger partial charge in [-0.25, -0.2) is 4.79 Å². The van der Waals surface area contributed by atoms with Crippen LogP contribution in [0.25, 0.3) is 0 Å². The number of ether oxygens (including phenoxy) is 1. The van der Waals surface area contributed by atoms with Crippen molar-refractivity contribution in [1.82, 2.24) is 15.2 Å². The van der Waals surface area contributed by atoms with Crippen LogP contribution in [0.5, 0.6) is 0 Å². The van der Waals surface area contributed by atoms with Gasteiger partial charge in [0, 0.05) is 37.5 Å². The Bertz CT molecular complexity index is 839. The first-order chi connectivity index (χ1) is 13.5. The van der Waals surface area contributed by atoms with E-state index in [1.54, 1.807) is 30.5 Å². The highest BCUT2D eigenvalue weighted by Crippen LogP contribution is 2.18. The summed E-state index contributed by atoms with van der Waals surface area (Å²) in [5.74, 6) is -0.407. The molecule has 1 saturated heterocycles. The van der Waals surface area contributed by atoms with E-state index in [1.807, 2.05) is 18.2 Å². The first kappa shape index (κ1) is 19.3. The van der Waals surface area contributed by atoms with E-state index in [0.717, 1.165) is 11.3 Å². The van der Waals surface area contributed by atoms with Crippen LogP contribution in [0, 0.1) is 0 Å². The zero-order chi connectivity index (χ0) is 19.9. The second-order valence-electron chi connectivity index (χ2n) is 6.46. The Morgan fingerprint density at radius 1 is 1.21 bits per heavy atom. The molecule has 1 aliphatic rings. The normalized spacial score (nSPS) is 15.8. The molecule has 0 spiro atoms. The van der Waals surface area contributed by atoms with Gasteiger partial charge >= 0.3 is 6.09 Å². The Labute approximate surface area is 162 Å². The van der Waals surface area contributed by atoms with Gasteiger partial charge in [-0.1, -0.05) is 18.2 Å². The minimum absolute atomic E-state index is 0.0260. The van der Waals surface area contributed by atoms with Crippen LogP contribution < -0.4 is 10.6 Å². The fourth-order valence-electron chi connectivity index (χ4n) is 2.91. The molecular formula is C20H22N4O4. The van der Waals surface area contributed by atoms with Gasteiger partial charge in [-0.3, -0.25) is 19.5 Å². The molecule has 1 atom stereocenters. The van der Waals surface area contributed by atoms with E-state index in [9.17, 15) is 14.4 Å². The third-order valence-electron chi connectivity index (χ3n) is 4.31. The Morgan fingerprint density at radius 2 is 2.00 bits per heavy atom. The van der Waals surface area contributed by atoms with Crippen molar-refractivity contribution in [3.63, 3.8) is 0 Å². The lowest BCUT2D eigenvalue weighted by molar-refractivity contribution is -0.125. The van der Waals surface area contributed by atoms with Gasteiger partial charge in [0.15, 0.2) is 0 Å². The molecule has 1 aliphatic heterocycles. The van der Waals surface area contributed by atoms with Crippen LogP contribution in [-0.2, 0) is 27.3 Å². The third kappa shape index (κ3) is 5.06. The summed E-state index contributed by atoms with van der Waals surface area (Å²) in [6.07, 6.45) is 1.80. The Hall–Kier alpha value is -3.42. The largest absolute Gasteiger partial charge is 0.447 e. The molecule has 3 amide bonds. The quantitative estimate of drug-likeness (QED) is 0.759. The molecule has 146 valence electrons. The predicted molar refractivity (Wildman–Crippen MR) is 102 cm³/mol. The summed E-state index contributed by atoms with van der Waals surface area (Å²) in [4.78, 5) is 41.3. The molecule has 1 aromatic carbocycles. The van der Waals surface area contributed by atoms with Gasteiger partial charge in [0.25, 0.3) is 0 Å². The van der Waals surface area contributed by atoms with Crippen LogP contribution in [0.15, 0.2) is 48.7 Å². The van der Waals surface area contributed by atoms with Gasteiger partial charge in [0.1, 0.15) is 12.6 Å². The number of rotatable bonds is 7. The number of cyclic esters (lactones) is 1. The monoisotopic (exact) mass is 382 g/mol. The maximum atomic E-state index is 12.5. The summed E-state index contributed by atoms with van der Waals surface area (Å²) in [6.45, 7) is 2.14. The zero-order valence-corrected chi connectivity index (χ0v) is 15.6. The van der Waals surface area contributed by atoms with Crippen molar-refractivity contribution >= 4 is 23.6 Å². The number of hydrogen-bond donors (Lipinski definition) is 2. The minimum atomic E-state index is -0.675.